The molecule has 1 aromatic carbocycles. The van der Waals surface area contributed by atoms with E-state index < -0.39 is 0 Å². The summed E-state index contributed by atoms with van der Waals surface area (Å²) in [7, 11) is 0. The van der Waals surface area contributed by atoms with Crippen LogP contribution in [0.3, 0.4) is 0 Å². The van der Waals surface area contributed by atoms with Crippen LogP contribution in [0.5, 0.6) is 0 Å². The number of hydrogen-bond donors (Lipinski definition) is 1. The van der Waals surface area contributed by atoms with Gasteiger partial charge in [0, 0.05) is 12.0 Å². The molecule has 2 heterocycles. The van der Waals surface area contributed by atoms with E-state index in [1.54, 1.807) is 0 Å². The Morgan fingerprint density at radius 2 is 2.00 bits per heavy atom. The van der Waals surface area contributed by atoms with Crippen LogP contribution >= 0.6 is 0 Å². The molecule has 1 N–H and O–H groups in total. The van der Waals surface area contributed by atoms with Gasteiger partial charge in [-0.15, -0.1) is 0 Å². The zero-order chi connectivity index (χ0) is 17.7. The van der Waals surface area contributed by atoms with Crippen LogP contribution in [0.15, 0.2) is 45.6 Å². The van der Waals surface area contributed by atoms with Crippen LogP contribution in [0.4, 0.5) is 0 Å². The molecule has 5 heteroatoms. The van der Waals surface area contributed by atoms with Crippen molar-refractivity contribution in [2.24, 2.45) is 5.92 Å². The number of rotatable bonds is 6. The van der Waals surface area contributed by atoms with Crippen LogP contribution in [0.1, 0.15) is 49.4 Å². The number of benzene rings is 1. The SMILES string of the molecule is CC1CC1c1ccc(CN(Cc2nc3ccccc3c(=O)[nH]2)C2CC2)o1. The van der Waals surface area contributed by atoms with Crippen molar-refractivity contribution in [2.45, 2.75) is 51.2 Å². The van der Waals surface area contributed by atoms with Gasteiger partial charge in [0.1, 0.15) is 17.3 Å². The fourth-order valence-electron chi connectivity index (χ4n) is 3.75. The summed E-state index contributed by atoms with van der Waals surface area (Å²) in [6.07, 6.45) is 3.64. The molecule has 0 radical (unpaired) electrons. The third-order valence-electron chi connectivity index (χ3n) is 5.59. The summed E-state index contributed by atoms with van der Waals surface area (Å²) in [6, 6.07) is 12.3. The van der Waals surface area contributed by atoms with Crippen molar-refractivity contribution in [3.8, 4) is 0 Å². The van der Waals surface area contributed by atoms with Gasteiger partial charge in [0.25, 0.3) is 5.56 Å². The van der Waals surface area contributed by atoms with E-state index in [1.807, 2.05) is 24.3 Å². The number of aromatic amines is 1. The average Bonchev–Trinajstić information content (AvgIpc) is 3.55. The minimum atomic E-state index is -0.0654. The Kier molecular flexibility index (Phi) is 3.71. The molecule has 2 aromatic heterocycles. The van der Waals surface area contributed by atoms with Gasteiger partial charge >= 0.3 is 0 Å². The molecular weight excluding hydrogens is 326 g/mol. The van der Waals surface area contributed by atoms with E-state index >= 15 is 0 Å². The van der Waals surface area contributed by atoms with Crippen LogP contribution in [-0.2, 0) is 13.1 Å². The van der Waals surface area contributed by atoms with Crippen molar-refractivity contribution in [1.82, 2.24) is 14.9 Å². The molecule has 0 amide bonds. The van der Waals surface area contributed by atoms with Crippen molar-refractivity contribution in [2.75, 3.05) is 0 Å². The third-order valence-corrected chi connectivity index (χ3v) is 5.59. The monoisotopic (exact) mass is 349 g/mol. The fourth-order valence-corrected chi connectivity index (χ4v) is 3.75. The van der Waals surface area contributed by atoms with Crippen LogP contribution in [0.25, 0.3) is 10.9 Å². The largest absolute Gasteiger partial charge is 0.464 e. The van der Waals surface area contributed by atoms with E-state index in [0.717, 1.165) is 35.3 Å². The van der Waals surface area contributed by atoms with Gasteiger partial charge in [0.15, 0.2) is 0 Å². The highest BCUT2D eigenvalue weighted by atomic mass is 16.3. The molecule has 5 rings (SSSR count). The van der Waals surface area contributed by atoms with E-state index in [2.05, 4.69) is 33.9 Å². The van der Waals surface area contributed by atoms with Crippen molar-refractivity contribution >= 4 is 10.9 Å². The normalized spacial score (nSPS) is 22.2. The Hall–Kier alpha value is -2.40. The number of nitrogens with zero attached hydrogens (tertiary/aromatic N) is 2. The van der Waals surface area contributed by atoms with Crippen LogP contribution in [0.2, 0.25) is 0 Å². The second-order valence-corrected chi connectivity index (χ2v) is 7.79. The molecular formula is C21H23N3O2. The van der Waals surface area contributed by atoms with Crippen LogP contribution in [-0.4, -0.2) is 20.9 Å². The Bertz CT molecular complexity index is 1000. The maximum absolute atomic E-state index is 12.3. The quantitative estimate of drug-likeness (QED) is 0.735. The molecule has 5 nitrogen and oxygen atoms in total. The first-order valence-corrected chi connectivity index (χ1v) is 9.48. The summed E-state index contributed by atoms with van der Waals surface area (Å²) in [5, 5.41) is 0.642. The third kappa shape index (κ3) is 3.07. The Morgan fingerprint density at radius 1 is 1.19 bits per heavy atom. The molecule has 3 aromatic rings. The van der Waals surface area contributed by atoms with Gasteiger partial charge in [-0.1, -0.05) is 19.1 Å². The molecule has 2 aliphatic carbocycles. The second kappa shape index (κ2) is 6.09. The van der Waals surface area contributed by atoms with Gasteiger partial charge in [-0.2, -0.15) is 0 Å². The molecule has 26 heavy (non-hydrogen) atoms. The summed E-state index contributed by atoms with van der Waals surface area (Å²) < 4.78 is 6.08. The first-order chi connectivity index (χ1) is 12.7. The lowest BCUT2D eigenvalue weighted by atomic mass is 10.2. The maximum Gasteiger partial charge on any atom is 0.258 e. The Labute approximate surface area is 152 Å². The summed E-state index contributed by atoms with van der Waals surface area (Å²) >= 11 is 0. The zero-order valence-electron chi connectivity index (χ0n) is 14.9. The van der Waals surface area contributed by atoms with Crippen molar-refractivity contribution in [1.29, 1.82) is 0 Å². The highest BCUT2D eigenvalue weighted by molar-refractivity contribution is 5.77. The lowest BCUT2D eigenvalue weighted by molar-refractivity contribution is 0.218. The fraction of sp³-hybridized carbons (Fsp3) is 0.429. The highest BCUT2D eigenvalue weighted by Gasteiger charge is 2.37. The molecule has 2 saturated carbocycles. The topological polar surface area (TPSA) is 62.1 Å². The van der Waals surface area contributed by atoms with E-state index in [0.29, 0.717) is 23.9 Å². The van der Waals surface area contributed by atoms with Crippen molar-refractivity contribution < 1.29 is 4.42 Å². The number of aromatic nitrogens is 2. The van der Waals surface area contributed by atoms with Gasteiger partial charge < -0.3 is 9.40 Å². The van der Waals surface area contributed by atoms with Crippen molar-refractivity contribution in [3.05, 3.63) is 64.1 Å². The van der Waals surface area contributed by atoms with Crippen molar-refractivity contribution in [3.63, 3.8) is 0 Å². The molecule has 0 bridgehead atoms. The summed E-state index contributed by atoms with van der Waals surface area (Å²) in [5.74, 6) is 4.22. The molecule has 2 aliphatic rings. The van der Waals surface area contributed by atoms with Gasteiger partial charge in [0.2, 0.25) is 0 Å². The van der Waals surface area contributed by atoms with E-state index in [-0.39, 0.29) is 5.56 Å². The minimum absolute atomic E-state index is 0.0654. The first-order valence-electron chi connectivity index (χ1n) is 9.48. The number of fused-ring (bicyclic) bond motifs is 1. The number of H-pyrrole nitrogens is 1. The predicted octanol–water partition coefficient (Wildman–Crippen LogP) is 3.80. The van der Waals surface area contributed by atoms with Gasteiger partial charge in [-0.3, -0.25) is 9.69 Å². The molecule has 134 valence electrons. The number of para-hydroxylation sites is 1. The smallest absolute Gasteiger partial charge is 0.258 e. The summed E-state index contributed by atoms with van der Waals surface area (Å²) in [5.41, 5.74) is 0.689. The first kappa shape index (κ1) is 15.8. The van der Waals surface area contributed by atoms with Crippen LogP contribution in [0, 0.1) is 5.92 Å². The number of nitrogens with one attached hydrogen (secondary N) is 1. The maximum atomic E-state index is 12.3. The number of furan rings is 1. The predicted molar refractivity (Wildman–Crippen MR) is 99.9 cm³/mol. The van der Waals surface area contributed by atoms with Gasteiger partial charge in [-0.25, -0.2) is 4.98 Å². The van der Waals surface area contributed by atoms with E-state index in [1.165, 1.54) is 19.3 Å². The molecule has 0 saturated heterocycles. The number of hydrogen-bond acceptors (Lipinski definition) is 4. The summed E-state index contributed by atoms with van der Waals surface area (Å²) in [6.45, 7) is 3.67. The van der Waals surface area contributed by atoms with Gasteiger partial charge in [-0.05, 0) is 49.4 Å². The highest BCUT2D eigenvalue weighted by Crippen LogP contribution is 2.47. The average molecular weight is 349 g/mol. The van der Waals surface area contributed by atoms with Crippen LogP contribution < -0.4 is 5.56 Å². The lowest BCUT2D eigenvalue weighted by Crippen LogP contribution is -2.27. The van der Waals surface area contributed by atoms with Gasteiger partial charge in [0.05, 0.1) is 24.0 Å². The standard InChI is InChI=1S/C21H23N3O2/c1-13-10-17(13)19-9-8-15(26-19)11-24(14-6-7-14)12-20-22-18-5-3-2-4-16(18)21(25)23-20/h2-5,8-9,13-14,17H,6-7,10-12H2,1H3,(H,22,23,25). The Morgan fingerprint density at radius 3 is 2.77 bits per heavy atom. The molecule has 0 spiro atoms. The zero-order valence-corrected chi connectivity index (χ0v) is 14.9. The minimum Gasteiger partial charge on any atom is -0.464 e. The second-order valence-electron chi connectivity index (χ2n) is 7.79. The molecule has 0 aliphatic heterocycles. The molecule has 2 atom stereocenters. The Balaban J connectivity index is 1.36. The molecule has 2 fully saturated rings. The molecule has 2 unspecified atom stereocenters. The summed E-state index contributed by atoms with van der Waals surface area (Å²) in [4.78, 5) is 22.3. The van der Waals surface area contributed by atoms with E-state index in [9.17, 15) is 4.79 Å². The van der Waals surface area contributed by atoms with E-state index in [4.69, 9.17) is 4.42 Å². The lowest BCUT2D eigenvalue weighted by Gasteiger charge is -2.20.